The Morgan fingerprint density at radius 2 is 1.75 bits per heavy atom. The number of rotatable bonds is 5. The third-order valence-electron chi connectivity index (χ3n) is 5.76. The number of fused-ring (bicyclic) bond motifs is 2. The molecule has 0 bridgehead atoms. The molecule has 1 aromatic heterocycles. The molecule has 0 saturated carbocycles. The van der Waals surface area contributed by atoms with Gasteiger partial charge in [-0.3, -0.25) is 0 Å². The molecule has 2 aliphatic rings. The van der Waals surface area contributed by atoms with Gasteiger partial charge in [0.15, 0.2) is 23.0 Å². The predicted molar refractivity (Wildman–Crippen MR) is 121 cm³/mol. The van der Waals surface area contributed by atoms with E-state index < -0.39 is 16.1 Å². The lowest BCUT2D eigenvalue weighted by Crippen LogP contribution is -2.40. The van der Waals surface area contributed by atoms with Gasteiger partial charge < -0.3 is 18.9 Å². The molecular weight excluding hydrogens is 450 g/mol. The second kappa shape index (κ2) is 8.31. The zero-order chi connectivity index (χ0) is 22.3. The predicted octanol–water partition coefficient (Wildman–Crippen LogP) is 3.87. The van der Waals surface area contributed by atoms with E-state index >= 15 is 0 Å². The van der Waals surface area contributed by atoms with Gasteiger partial charge >= 0.3 is 0 Å². The van der Waals surface area contributed by atoms with Gasteiger partial charge in [0.1, 0.15) is 13.2 Å². The first kappa shape index (κ1) is 21.1. The highest BCUT2D eigenvalue weighted by Crippen LogP contribution is 2.44. The molecule has 5 rings (SSSR count). The van der Waals surface area contributed by atoms with Crippen molar-refractivity contribution in [3.05, 3.63) is 63.8 Å². The van der Waals surface area contributed by atoms with E-state index in [1.54, 1.807) is 36.7 Å². The number of methoxy groups -OCH3 is 2. The highest BCUT2D eigenvalue weighted by molar-refractivity contribution is 7.89. The molecule has 0 unspecified atom stereocenters. The van der Waals surface area contributed by atoms with Crippen molar-refractivity contribution in [1.29, 1.82) is 0 Å². The maximum Gasteiger partial charge on any atom is 0.244 e. The van der Waals surface area contributed by atoms with Crippen LogP contribution in [-0.4, -0.2) is 46.7 Å². The van der Waals surface area contributed by atoms with Crippen molar-refractivity contribution in [2.75, 3.05) is 34.0 Å². The lowest BCUT2D eigenvalue weighted by atomic mass is 9.92. The van der Waals surface area contributed by atoms with Crippen LogP contribution in [0.25, 0.3) is 0 Å². The number of ether oxygens (including phenoxy) is 4. The molecule has 0 fully saturated rings. The van der Waals surface area contributed by atoms with Crippen LogP contribution < -0.4 is 18.9 Å². The first-order valence-electron chi connectivity index (χ1n) is 10.2. The number of thiophene rings is 1. The number of nitrogens with zero attached hydrogens (tertiary/aromatic N) is 1. The summed E-state index contributed by atoms with van der Waals surface area (Å²) >= 11 is 1.53. The Morgan fingerprint density at radius 3 is 2.47 bits per heavy atom. The van der Waals surface area contributed by atoms with Crippen LogP contribution >= 0.6 is 11.3 Å². The normalized spacial score (nSPS) is 18.1. The number of sulfonamides is 1. The molecular formula is C23H23NO6S2. The summed E-state index contributed by atoms with van der Waals surface area (Å²) in [7, 11) is -0.636. The van der Waals surface area contributed by atoms with Gasteiger partial charge in [-0.2, -0.15) is 4.31 Å². The Morgan fingerprint density at radius 1 is 1.00 bits per heavy atom. The first-order valence-corrected chi connectivity index (χ1v) is 12.5. The van der Waals surface area contributed by atoms with Gasteiger partial charge in [0, 0.05) is 17.5 Å². The van der Waals surface area contributed by atoms with Gasteiger partial charge in [0.05, 0.1) is 25.2 Å². The number of hydrogen-bond donors (Lipinski definition) is 0. The van der Waals surface area contributed by atoms with E-state index in [0.29, 0.717) is 49.2 Å². The maximum absolute atomic E-state index is 13.8. The molecule has 0 amide bonds. The third kappa shape index (κ3) is 3.50. The summed E-state index contributed by atoms with van der Waals surface area (Å²) < 4.78 is 51.4. The van der Waals surface area contributed by atoms with Gasteiger partial charge in [0.2, 0.25) is 10.0 Å². The van der Waals surface area contributed by atoms with Crippen molar-refractivity contribution in [3.8, 4) is 23.0 Å². The summed E-state index contributed by atoms with van der Waals surface area (Å²) in [6.07, 6.45) is 0.571. The average Bonchev–Trinajstić information content (AvgIpc) is 3.36. The molecule has 1 atom stereocenters. The molecule has 0 N–H and O–H groups in total. The lowest BCUT2D eigenvalue weighted by molar-refractivity contribution is 0.171. The standard InChI is InChI=1S/C23H23NO6S2/c1-27-19-12-15-7-8-24(23(22-4-3-11-31-22)17(15)14-20(19)28-2)32(25,26)16-5-6-18-21(13-16)30-10-9-29-18/h3-6,11-14,23H,7-10H2,1-2H3/t23-/m0/s1. The Balaban J connectivity index is 1.62. The lowest BCUT2D eigenvalue weighted by Gasteiger charge is -2.36. The molecule has 0 aliphatic carbocycles. The minimum absolute atomic E-state index is 0.187. The molecule has 3 heterocycles. The molecule has 168 valence electrons. The van der Waals surface area contributed by atoms with E-state index in [1.807, 2.05) is 29.6 Å². The van der Waals surface area contributed by atoms with Crippen LogP contribution in [-0.2, 0) is 16.4 Å². The zero-order valence-electron chi connectivity index (χ0n) is 17.7. The molecule has 9 heteroatoms. The Hall–Kier alpha value is -2.75. The molecule has 0 spiro atoms. The second-order valence-electron chi connectivity index (χ2n) is 7.50. The molecule has 0 radical (unpaired) electrons. The van der Waals surface area contributed by atoms with Crippen LogP contribution in [0.1, 0.15) is 22.0 Å². The number of hydrogen-bond acceptors (Lipinski definition) is 7. The van der Waals surface area contributed by atoms with Crippen molar-refractivity contribution in [2.24, 2.45) is 0 Å². The highest BCUT2D eigenvalue weighted by Gasteiger charge is 2.39. The summed E-state index contributed by atoms with van der Waals surface area (Å²) in [5.41, 5.74) is 1.95. The van der Waals surface area contributed by atoms with Crippen molar-refractivity contribution in [1.82, 2.24) is 4.31 Å². The number of benzene rings is 2. The third-order valence-corrected chi connectivity index (χ3v) is 8.55. The van der Waals surface area contributed by atoms with E-state index in [2.05, 4.69) is 0 Å². The summed E-state index contributed by atoms with van der Waals surface area (Å²) in [6.45, 7) is 1.20. The molecule has 32 heavy (non-hydrogen) atoms. The fraction of sp³-hybridized carbons (Fsp3) is 0.304. The minimum Gasteiger partial charge on any atom is -0.493 e. The average molecular weight is 474 g/mol. The van der Waals surface area contributed by atoms with Crippen molar-refractivity contribution < 1.29 is 27.4 Å². The van der Waals surface area contributed by atoms with E-state index in [1.165, 1.54) is 11.3 Å². The maximum atomic E-state index is 13.8. The largest absolute Gasteiger partial charge is 0.493 e. The zero-order valence-corrected chi connectivity index (χ0v) is 19.4. The van der Waals surface area contributed by atoms with Gasteiger partial charge in [-0.25, -0.2) is 8.42 Å². The molecule has 2 aliphatic heterocycles. The van der Waals surface area contributed by atoms with Crippen LogP contribution in [0.4, 0.5) is 0 Å². The summed E-state index contributed by atoms with van der Waals surface area (Å²) in [6, 6.07) is 12.1. The quantitative estimate of drug-likeness (QED) is 0.560. The summed E-state index contributed by atoms with van der Waals surface area (Å²) in [5.74, 6) is 2.23. The van der Waals surface area contributed by atoms with Gasteiger partial charge in [-0.15, -0.1) is 11.3 Å². The topological polar surface area (TPSA) is 74.3 Å². The van der Waals surface area contributed by atoms with E-state index in [-0.39, 0.29) is 4.90 Å². The van der Waals surface area contributed by atoms with Crippen molar-refractivity contribution in [3.63, 3.8) is 0 Å². The van der Waals surface area contributed by atoms with E-state index in [9.17, 15) is 8.42 Å². The monoisotopic (exact) mass is 473 g/mol. The van der Waals surface area contributed by atoms with E-state index in [0.717, 1.165) is 16.0 Å². The van der Waals surface area contributed by atoms with Crippen LogP contribution in [0.5, 0.6) is 23.0 Å². The van der Waals surface area contributed by atoms with Gasteiger partial charge in [0.25, 0.3) is 0 Å². The Kier molecular flexibility index (Phi) is 5.48. The van der Waals surface area contributed by atoms with Crippen LogP contribution in [0.3, 0.4) is 0 Å². The smallest absolute Gasteiger partial charge is 0.244 e. The van der Waals surface area contributed by atoms with Crippen LogP contribution in [0.15, 0.2) is 52.7 Å². The Labute approximate surface area is 191 Å². The van der Waals surface area contributed by atoms with Crippen LogP contribution in [0, 0.1) is 0 Å². The first-order chi connectivity index (χ1) is 15.5. The van der Waals surface area contributed by atoms with Gasteiger partial charge in [-0.05, 0) is 53.3 Å². The molecule has 2 aromatic carbocycles. The fourth-order valence-corrected chi connectivity index (χ4v) is 6.77. The minimum atomic E-state index is -3.82. The fourth-order valence-electron chi connectivity index (χ4n) is 4.24. The van der Waals surface area contributed by atoms with Crippen LogP contribution in [0.2, 0.25) is 0 Å². The van der Waals surface area contributed by atoms with Crippen molar-refractivity contribution >= 4 is 21.4 Å². The highest BCUT2D eigenvalue weighted by atomic mass is 32.2. The SMILES string of the molecule is COc1cc2c(cc1OC)[C@@H](c1cccs1)N(S(=O)(=O)c1ccc3c(c1)OCCO3)CC2. The second-order valence-corrected chi connectivity index (χ2v) is 10.4. The van der Waals surface area contributed by atoms with Gasteiger partial charge in [-0.1, -0.05) is 6.07 Å². The molecule has 0 saturated heterocycles. The van der Waals surface area contributed by atoms with Crippen molar-refractivity contribution in [2.45, 2.75) is 17.4 Å². The van der Waals surface area contributed by atoms with E-state index in [4.69, 9.17) is 18.9 Å². The Bertz CT molecular complexity index is 1240. The molecule has 3 aromatic rings. The summed E-state index contributed by atoms with van der Waals surface area (Å²) in [5, 5.41) is 1.96. The molecule has 7 nitrogen and oxygen atoms in total. The summed E-state index contributed by atoms with van der Waals surface area (Å²) in [4.78, 5) is 1.13.